The van der Waals surface area contributed by atoms with Gasteiger partial charge in [-0.3, -0.25) is 4.98 Å². The normalized spacial score (nSPS) is 17.4. The van der Waals surface area contributed by atoms with Gasteiger partial charge in [0.2, 0.25) is 0 Å². The molecule has 1 aromatic heterocycles. The molecule has 0 saturated carbocycles. The number of urea groups is 1. The predicted octanol–water partition coefficient (Wildman–Crippen LogP) is 2.14. The Morgan fingerprint density at radius 1 is 1.38 bits per heavy atom. The summed E-state index contributed by atoms with van der Waals surface area (Å²) in [5.74, 6) is 0.768. The number of anilines is 1. The van der Waals surface area contributed by atoms with Crippen molar-refractivity contribution in [3.05, 3.63) is 54.4 Å². The molecule has 2 heterocycles. The van der Waals surface area contributed by atoms with Crippen molar-refractivity contribution in [3.63, 3.8) is 0 Å². The molecule has 1 unspecified atom stereocenters. The van der Waals surface area contributed by atoms with Gasteiger partial charge in [-0.25, -0.2) is 4.79 Å². The third-order valence-corrected chi connectivity index (χ3v) is 4.15. The molecule has 2 aromatic rings. The summed E-state index contributed by atoms with van der Waals surface area (Å²) in [5, 5.41) is 6.33. The first kappa shape index (κ1) is 16.3. The first-order valence-electron chi connectivity index (χ1n) is 8.07. The SMILES string of the molecule is COc1ccc(NC(=O)N2CCNCC2Cc2cccnc2)cc1. The highest BCUT2D eigenvalue weighted by Crippen LogP contribution is 2.17. The Morgan fingerprint density at radius 3 is 2.92 bits per heavy atom. The maximum absolute atomic E-state index is 12.7. The molecule has 1 aromatic carbocycles. The lowest BCUT2D eigenvalue weighted by Gasteiger charge is -2.36. The number of aromatic nitrogens is 1. The summed E-state index contributed by atoms with van der Waals surface area (Å²) in [6.45, 7) is 2.28. The van der Waals surface area contributed by atoms with Crippen molar-refractivity contribution < 1.29 is 9.53 Å². The summed E-state index contributed by atoms with van der Waals surface area (Å²) in [6.07, 6.45) is 4.40. The molecule has 6 heteroatoms. The van der Waals surface area contributed by atoms with Crippen LogP contribution in [0.2, 0.25) is 0 Å². The number of hydrogen-bond donors (Lipinski definition) is 2. The topological polar surface area (TPSA) is 66.5 Å². The number of piperazine rings is 1. The number of benzene rings is 1. The molecule has 1 aliphatic heterocycles. The molecule has 0 bridgehead atoms. The standard InChI is InChI=1S/C18H22N4O2/c1-24-17-6-4-15(5-7-17)21-18(23)22-10-9-20-13-16(22)11-14-3-2-8-19-12-14/h2-8,12,16,20H,9-11,13H2,1H3,(H,21,23). The second-order valence-electron chi connectivity index (χ2n) is 5.78. The van der Waals surface area contributed by atoms with Crippen LogP contribution in [0, 0.1) is 0 Å². The highest BCUT2D eigenvalue weighted by atomic mass is 16.5. The zero-order valence-electron chi connectivity index (χ0n) is 13.7. The van der Waals surface area contributed by atoms with Crippen LogP contribution in [0.5, 0.6) is 5.75 Å². The molecule has 2 N–H and O–H groups in total. The Bertz CT molecular complexity index is 660. The summed E-state index contributed by atoms with van der Waals surface area (Å²) < 4.78 is 5.14. The minimum absolute atomic E-state index is 0.0736. The fraction of sp³-hybridized carbons (Fsp3) is 0.333. The molecule has 24 heavy (non-hydrogen) atoms. The van der Waals surface area contributed by atoms with Crippen LogP contribution in [0.4, 0.5) is 10.5 Å². The number of pyridine rings is 1. The van der Waals surface area contributed by atoms with Crippen molar-refractivity contribution in [1.29, 1.82) is 0 Å². The van der Waals surface area contributed by atoms with E-state index in [1.807, 2.05) is 47.5 Å². The highest BCUT2D eigenvalue weighted by molar-refractivity contribution is 5.89. The van der Waals surface area contributed by atoms with Gasteiger partial charge in [0, 0.05) is 37.7 Å². The maximum Gasteiger partial charge on any atom is 0.322 e. The van der Waals surface area contributed by atoms with Gasteiger partial charge in [-0.05, 0) is 42.3 Å². The number of methoxy groups -OCH3 is 1. The smallest absolute Gasteiger partial charge is 0.322 e. The molecule has 1 fully saturated rings. The van der Waals surface area contributed by atoms with Crippen molar-refractivity contribution in [3.8, 4) is 5.75 Å². The molecule has 126 valence electrons. The number of carbonyl (C=O) groups excluding carboxylic acids is 1. The van der Waals surface area contributed by atoms with E-state index in [4.69, 9.17) is 4.74 Å². The van der Waals surface area contributed by atoms with Crippen molar-refractivity contribution >= 4 is 11.7 Å². The molecule has 3 rings (SSSR count). The van der Waals surface area contributed by atoms with Gasteiger partial charge < -0.3 is 20.3 Å². The summed E-state index contributed by atoms with van der Waals surface area (Å²) in [4.78, 5) is 18.7. The molecular weight excluding hydrogens is 304 g/mol. The Balaban J connectivity index is 1.66. The van der Waals surface area contributed by atoms with Crippen LogP contribution < -0.4 is 15.4 Å². The second kappa shape index (κ2) is 7.79. The van der Waals surface area contributed by atoms with Gasteiger partial charge in [0.1, 0.15) is 5.75 Å². The van der Waals surface area contributed by atoms with E-state index < -0.39 is 0 Å². The molecule has 2 amide bonds. The summed E-state index contributed by atoms with van der Waals surface area (Å²) >= 11 is 0. The predicted molar refractivity (Wildman–Crippen MR) is 93.3 cm³/mol. The monoisotopic (exact) mass is 326 g/mol. The quantitative estimate of drug-likeness (QED) is 0.903. The minimum Gasteiger partial charge on any atom is -0.497 e. The Morgan fingerprint density at radius 2 is 2.21 bits per heavy atom. The van der Waals surface area contributed by atoms with E-state index in [1.165, 1.54) is 0 Å². The number of nitrogens with one attached hydrogen (secondary N) is 2. The number of rotatable bonds is 4. The van der Waals surface area contributed by atoms with Crippen LogP contribution in [0.25, 0.3) is 0 Å². The molecule has 0 radical (unpaired) electrons. The van der Waals surface area contributed by atoms with Crippen LogP contribution in [-0.4, -0.2) is 48.7 Å². The number of ether oxygens (including phenoxy) is 1. The van der Waals surface area contributed by atoms with Gasteiger partial charge in [0.05, 0.1) is 13.2 Å². The lowest BCUT2D eigenvalue weighted by molar-refractivity contribution is 0.170. The number of carbonyl (C=O) groups is 1. The van der Waals surface area contributed by atoms with E-state index in [0.717, 1.165) is 36.5 Å². The first-order valence-corrected chi connectivity index (χ1v) is 8.07. The van der Waals surface area contributed by atoms with Gasteiger partial charge >= 0.3 is 6.03 Å². The molecule has 0 spiro atoms. The number of amides is 2. The van der Waals surface area contributed by atoms with Gasteiger partial charge in [-0.15, -0.1) is 0 Å². The van der Waals surface area contributed by atoms with Gasteiger partial charge in [0.15, 0.2) is 0 Å². The van der Waals surface area contributed by atoms with Crippen LogP contribution in [0.15, 0.2) is 48.8 Å². The fourth-order valence-electron chi connectivity index (χ4n) is 2.87. The molecule has 1 aliphatic rings. The van der Waals surface area contributed by atoms with Crippen LogP contribution in [0.3, 0.4) is 0 Å². The molecule has 0 aliphatic carbocycles. The fourth-order valence-corrected chi connectivity index (χ4v) is 2.87. The van der Waals surface area contributed by atoms with Crippen molar-refractivity contribution in [2.24, 2.45) is 0 Å². The van der Waals surface area contributed by atoms with E-state index in [-0.39, 0.29) is 12.1 Å². The summed E-state index contributed by atoms with van der Waals surface area (Å²) in [7, 11) is 1.62. The van der Waals surface area contributed by atoms with Gasteiger partial charge in [0.25, 0.3) is 0 Å². The average molecular weight is 326 g/mol. The Hall–Kier alpha value is -2.60. The van der Waals surface area contributed by atoms with Crippen molar-refractivity contribution in [2.45, 2.75) is 12.5 Å². The highest BCUT2D eigenvalue weighted by Gasteiger charge is 2.26. The van der Waals surface area contributed by atoms with Crippen LogP contribution >= 0.6 is 0 Å². The second-order valence-corrected chi connectivity index (χ2v) is 5.78. The first-order chi connectivity index (χ1) is 11.8. The average Bonchev–Trinajstić information content (AvgIpc) is 2.63. The lowest BCUT2D eigenvalue weighted by Crippen LogP contribution is -2.55. The maximum atomic E-state index is 12.7. The lowest BCUT2D eigenvalue weighted by atomic mass is 10.0. The Labute approximate surface area is 141 Å². The zero-order valence-corrected chi connectivity index (χ0v) is 13.7. The number of hydrogen-bond acceptors (Lipinski definition) is 4. The Kier molecular flexibility index (Phi) is 5.28. The summed E-state index contributed by atoms with van der Waals surface area (Å²) in [6, 6.07) is 11.4. The zero-order chi connectivity index (χ0) is 16.8. The van der Waals surface area contributed by atoms with E-state index in [9.17, 15) is 4.79 Å². The molecular formula is C18H22N4O2. The number of nitrogens with zero attached hydrogens (tertiary/aromatic N) is 2. The van der Waals surface area contributed by atoms with E-state index in [1.54, 1.807) is 13.3 Å². The third kappa shape index (κ3) is 4.02. The van der Waals surface area contributed by atoms with E-state index in [0.29, 0.717) is 6.54 Å². The van der Waals surface area contributed by atoms with Gasteiger partial charge in [-0.2, -0.15) is 0 Å². The van der Waals surface area contributed by atoms with Crippen LogP contribution in [-0.2, 0) is 6.42 Å². The van der Waals surface area contributed by atoms with Crippen molar-refractivity contribution in [1.82, 2.24) is 15.2 Å². The van der Waals surface area contributed by atoms with E-state index in [2.05, 4.69) is 15.6 Å². The molecule has 1 saturated heterocycles. The van der Waals surface area contributed by atoms with Crippen molar-refractivity contribution in [2.75, 3.05) is 32.1 Å². The molecule has 6 nitrogen and oxygen atoms in total. The minimum atomic E-state index is -0.0736. The van der Waals surface area contributed by atoms with E-state index >= 15 is 0 Å². The van der Waals surface area contributed by atoms with Gasteiger partial charge in [-0.1, -0.05) is 6.07 Å². The summed E-state index contributed by atoms with van der Waals surface area (Å²) in [5.41, 5.74) is 1.90. The largest absolute Gasteiger partial charge is 0.497 e. The third-order valence-electron chi connectivity index (χ3n) is 4.15. The van der Waals surface area contributed by atoms with Crippen LogP contribution in [0.1, 0.15) is 5.56 Å². The molecule has 1 atom stereocenters.